The first-order valence-electron chi connectivity index (χ1n) is 12.6. The number of halogens is 2. The van der Waals surface area contributed by atoms with Crippen molar-refractivity contribution in [3.8, 4) is 28.5 Å². The molecule has 0 bridgehead atoms. The lowest BCUT2D eigenvalue weighted by molar-refractivity contribution is -0.0494. The summed E-state index contributed by atoms with van der Waals surface area (Å²) in [5, 5.41) is 25.2. The second-order valence-corrected chi connectivity index (χ2v) is 9.77. The Morgan fingerprint density at radius 2 is 2.02 bits per heavy atom. The van der Waals surface area contributed by atoms with E-state index in [1.807, 2.05) is 13.0 Å². The molecule has 5 aromatic rings. The van der Waals surface area contributed by atoms with Crippen molar-refractivity contribution >= 4 is 17.2 Å². The molecular formula is C28H25F2N7O4. The molecule has 0 atom stereocenters. The maximum absolute atomic E-state index is 13.4. The zero-order valence-corrected chi connectivity index (χ0v) is 22.0. The predicted octanol–water partition coefficient (Wildman–Crippen LogP) is 3.88. The highest BCUT2D eigenvalue weighted by molar-refractivity contribution is 6.09. The van der Waals surface area contributed by atoms with Gasteiger partial charge >= 0.3 is 6.61 Å². The van der Waals surface area contributed by atoms with Crippen LogP contribution < -0.4 is 20.1 Å². The third-order valence-corrected chi connectivity index (χ3v) is 6.68. The monoisotopic (exact) mass is 561 g/mol. The number of amides is 1. The first-order valence-corrected chi connectivity index (χ1v) is 12.6. The van der Waals surface area contributed by atoms with Crippen LogP contribution in [0.4, 0.5) is 14.5 Å². The van der Waals surface area contributed by atoms with Crippen LogP contribution in [0.2, 0.25) is 0 Å². The number of aromatic nitrogens is 5. The Bertz CT molecular complexity index is 1760. The Morgan fingerprint density at radius 3 is 2.78 bits per heavy atom. The highest BCUT2D eigenvalue weighted by atomic mass is 19.3. The summed E-state index contributed by atoms with van der Waals surface area (Å²) < 4.78 is 40.5. The molecule has 1 aliphatic heterocycles. The maximum Gasteiger partial charge on any atom is 0.387 e. The van der Waals surface area contributed by atoms with E-state index in [1.165, 1.54) is 33.6 Å². The first-order chi connectivity index (χ1) is 19.7. The van der Waals surface area contributed by atoms with Gasteiger partial charge in [-0.15, -0.1) is 0 Å². The molecule has 11 nitrogen and oxygen atoms in total. The number of alkyl halides is 2. The zero-order chi connectivity index (χ0) is 28.7. The van der Waals surface area contributed by atoms with Crippen LogP contribution in [-0.4, -0.2) is 55.1 Å². The summed E-state index contributed by atoms with van der Waals surface area (Å²) in [4.78, 5) is 17.4. The molecule has 210 valence electrons. The smallest absolute Gasteiger partial charge is 0.387 e. The Hall–Kier alpha value is -4.88. The number of aryl methyl sites for hydroxylation is 2. The van der Waals surface area contributed by atoms with Gasteiger partial charge in [0, 0.05) is 38.7 Å². The van der Waals surface area contributed by atoms with E-state index >= 15 is 0 Å². The standard InChI is InChI=1S/C28H25F2N7O4/c1-16-8-17(28(39)14-31-15-28)10-19(9-16)40-18-4-5-23(41-27(29)30)20(11-18)24-22(13-36(2)35-24)34-26(38)21-12-33-37-7-3-6-32-25(21)37/h3-13,27,31,39H,14-15H2,1-2H3,(H,34,38). The quantitative estimate of drug-likeness (QED) is 0.261. The Kier molecular flexibility index (Phi) is 6.59. The van der Waals surface area contributed by atoms with E-state index < -0.39 is 18.1 Å². The van der Waals surface area contributed by atoms with Gasteiger partial charge in [-0.05, 0) is 54.4 Å². The summed E-state index contributed by atoms with van der Waals surface area (Å²) in [5.74, 6) is 0.113. The van der Waals surface area contributed by atoms with Crippen LogP contribution >= 0.6 is 0 Å². The Balaban J connectivity index is 1.35. The van der Waals surface area contributed by atoms with E-state index in [-0.39, 0.29) is 28.3 Å². The summed E-state index contributed by atoms with van der Waals surface area (Å²) >= 11 is 0. The fraction of sp³-hybridized carbons (Fsp3) is 0.214. The van der Waals surface area contributed by atoms with Gasteiger partial charge in [-0.2, -0.15) is 19.0 Å². The van der Waals surface area contributed by atoms with Crippen molar-refractivity contribution < 1.29 is 28.2 Å². The number of carbonyl (C=O) groups is 1. The lowest BCUT2D eigenvalue weighted by Crippen LogP contribution is -2.56. The molecule has 2 aromatic carbocycles. The minimum absolute atomic E-state index is 0.154. The fourth-order valence-electron chi connectivity index (χ4n) is 4.69. The molecule has 0 saturated carbocycles. The first kappa shape index (κ1) is 26.3. The predicted molar refractivity (Wildman–Crippen MR) is 144 cm³/mol. The highest BCUT2D eigenvalue weighted by Gasteiger charge is 2.36. The molecule has 3 N–H and O–H groups in total. The molecule has 1 aliphatic rings. The number of hydrogen-bond donors (Lipinski definition) is 3. The fourth-order valence-corrected chi connectivity index (χ4v) is 4.69. The summed E-state index contributed by atoms with van der Waals surface area (Å²) in [6.45, 7) is -0.347. The van der Waals surface area contributed by atoms with Crippen molar-refractivity contribution in [1.82, 2.24) is 29.7 Å². The minimum Gasteiger partial charge on any atom is -0.457 e. The number of rotatable bonds is 8. The van der Waals surface area contributed by atoms with Gasteiger partial charge in [0.25, 0.3) is 5.91 Å². The number of anilines is 1. The molecule has 0 aliphatic carbocycles. The molecule has 0 radical (unpaired) electrons. The molecule has 1 amide bonds. The summed E-state index contributed by atoms with van der Waals surface area (Å²) in [7, 11) is 1.64. The minimum atomic E-state index is -3.09. The molecule has 1 fully saturated rings. The van der Waals surface area contributed by atoms with Gasteiger partial charge in [-0.1, -0.05) is 6.07 Å². The summed E-state index contributed by atoms with van der Waals surface area (Å²) in [6, 6.07) is 11.5. The average Bonchev–Trinajstić information content (AvgIpc) is 3.50. The van der Waals surface area contributed by atoms with Crippen molar-refractivity contribution in [2.75, 3.05) is 18.4 Å². The molecule has 1 saturated heterocycles. The number of β-amino-alcohol motifs (C(OH)–C–C–N with tert-alkyl or cyclic N) is 1. The second kappa shape index (κ2) is 10.3. The molecular weight excluding hydrogens is 536 g/mol. The van der Waals surface area contributed by atoms with Gasteiger partial charge < -0.3 is 25.2 Å². The second-order valence-electron chi connectivity index (χ2n) is 9.77. The normalized spacial score (nSPS) is 14.2. The van der Waals surface area contributed by atoms with Crippen molar-refractivity contribution in [2.24, 2.45) is 7.05 Å². The van der Waals surface area contributed by atoms with Gasteiger partial charge in [0.1, 0.15) is 34.1 Å². The molecule has 4 heterocycles. The van der Waals surface area contributed by atoms with Gasteiger partial charge in [-0.25, -0.2) is 9.50 Å². The largest absolute Gasteiger partial charge is 0.457 e. The van der Waals surface area contributed by atoms with Crippen LogP contribution in [-0.2, 0) is 12.6 Å². The molecule has 41 heavy (non-hydrogen) atoms. The summed E-state index contributed by atoms with van der Waals surface area (Å²) in [6.07, 6.45) is 6.14. The third kappa shape index (κ3) is 5.19. The lowest BCUT2D eigenvalue weighted by Gasteiger charge is -2.38. The number of fused-ring (bicyclic) bond motifs is 1. The number of hydrogen-bond acceptors (Lipinski definition) is 8. The number of benzene rings is 2. The zero-order valence-electron chi connectivity index (χ0n) is 22.0. The van der Waals surface area contributed by atoms with Crippen molar-refractivity contribution in [1.29, 1.82) is 0 Å². The van der Waals surface area contributed by atoms with Crippen molar-refractivity contribution in [2.45, 2.75) is 19.1 Å². The summed E-state index contributed by atoms with van der Waals surface area (Å²) in [5.41, 5.74) is 1.79. The van der Waals surface area contributed by atoms with Crippen molar-refractivity contribution in [3.05, 3.63) is 83.9 Å². The van der Waals surface area contributed by atoms with Gasteiger partial charge in [0.2, 0.25) is 0 Å². The lowest BCUT2D eigenvalue weighted by atomic mass is 9.87. The van der Waals surface area contributed by atoms with Crippen molar-refractivity contribution in [3.63, 3.8) is 0 Å². The molecule has 3 aromatic heterocycles. The Labute approximate surface area is 232 Å². The van der Waals surface area contributed by atoms with Crippen LogP contribution in [0.3, 0.4) is 0 Å². The molecule has 0 spiro atoms. The molecule has 6 rings (SSSR count). The van der Waals surface area contributed by atoms with E-state index in [0.29, 0.717) is 35.8 Å². The van der Waals surface area contributed by atoms with E-state index in [0.717, 1.165) is 5.56 Å². The number of aliphatic hydroxyl groups is 1. The van der Waals surface area contributed by atoms with Crippen LogP contribution in [0.1, 0.15) is 21.5 Å². The molecule has 0 unspecified atom stereocenters. The van der Waals surface area contributed by atoms with Gasteiger partial charge in [-0.3, -0.25) is 9.48 Å². The number of ether oxygens (including phenoxy) is 2. The van der Waals surface area contributed by atoms with E-state index in [2.05, 4.69) is 25.8 Å². The van der Waals surface area contributed by atoms with E-state index in [1.54, 1.807) is 43.8 Å². The maximum atomic E-state index is 13.4. The van der Waals surface area contributed by atoms with Crippen LogP contribution in [0, 0.1) is 6.92 Å². The van der Waals surface area contributed by atoms with Crippen LogP contribution in [0.25, 0.3) is 16.9 Å². The highest BCUT2D eigenvalue weighted by Crippen LogP contribution is 2.39. The number of carbonyl (C=O) groups excluding carboxylic acids is 1. The van der Waals surface area contributed by atoms with E-state index in [9.17, 15) is 18.7 Å². The molecule has 13 heteroatoms. The van der Waals surface area contributed by atoms with Gasteiger partial charge in [0.05, 0.1) is 17.4 Å². The van der Waals surface area contributed by atoms with E-state index in [4.69, 9.17) is 9.47 Å². The third-order valence-electron chi connectivity index (χ3n) is 6.68. The Morgan fingerprint density at radius 1 is 1.20 bits per heavy atom. The SMILES string of the molecule is Cc1cc(Oc2ccc(OC(F)F)c(-c3nn(C)cc3NC(=O)c3cnn4cccnc34)c2)cc(C2(O)CNC2)c1. The average molecular weight is 562 g/mol. The van der Waals surface area contributed by atoms with Crippen LogP contribution in [0.5, 0.6) is 17.2 Å². The van der Waals surface area contributed by atoms with Crippen LogP contribution in [0.15, 0.2) is 67.3 Å². The number of nitrogens with zero attached hydrogens (tertiary/aromatic N) is 5. The topological polar surface area (TPSA) is 128 Å². The number of nitrogens with one attached hydrogen (secondary N) is 2. The van der Waals surface area contributed by atoms with Gasteiger partial charge in [0.15, 0.2) is 5.65 Å².